The van der Waals surface area contributed by atoms with Gasteiger partial charge < -0.3 is 4.42 Å². The average Bonchev–Trinajstić information content (AvgIpc) is 3.36. The lowest BCUT2D eigenvalue weighted by Gasteiger charge is -2.25. The van der Waals surface area contributed by atoms with E-state index in [1.807, 2.05) is 18.2 Å². The van der Waals surface area contributed by atoms with E-state index in [0.717, 1.165) is 37.2 Å². The molecule has 1 fully saturated rings. The Hall–Kier alpha value is -1.82. The van der Waals surface area contributed by atoms with Gasteiger partial charge in [-0.05, 0) is 55.8 Å². The molecule has 3 heterocycles. The molecule has 0 bridgehead atoms. The third kappa shape index (κ3) is 3.52. The summed E-state index contributed by atoms with van der Waals surface area (Å²) in [7, 11) is 0. The van der Waals surface area contributed by atoms with Gasteiger partial charge in [-0.15, -0.1) is 0 Å². The number of rotatable bonds is 4. The summed E-state index contributed by atoms with van der Waals surface area (Å²) < 4.78 is 5.48. The number of hydrogen-bond acceptors (Lipinski definition) is 4. The van der Waals surface area contributed by atoms with Crippen molar-refractivity contribution in [2.45, 2.75) is 25.3 Å². The summed E-state index contributed by atoms with van der Waals surface area (Å²) in [6, 6.07) is 8.77. The predicted molar refractivity (Wildman–Crippen MR) is 102 cm³/mol. The van der Waals surface area contributed by atoms with E-state index in [1.165, 1.54) is 0 Å². The van der Waals surface area contributed by atoms with Crippen LogP contribution in [0.3, 0.4) is 0 Å². The average molecular weight is 392 g/mol. The van der Waals surface area contributed by atoms with Crippen LogP contribution in [0.1, 0.15) is 36.6 Å². The van der Waals surface area contributed by atoms with Gasteiger partial charge in [0, 0.05) is 16.5 Å². The van der Waals surface area contributed by atoms with Crippen molar-refractivity contribution in [3.05, 3.63) is 58.0 Å². The number of benzene rings is 1. The minimum atomic E-state index is -0.255. The van der Waals surface area contributed by atoms with Crippen molar-refractivity contribution in [2.75, 3.05) is 19.6 Å². The van der Waals surface area contributed by atoms with E-state index < -0.39 is 0 Å². The van der Waals surface area contributed by atoms with Gasteiger partial charge in [-0.2, -0.15) is 5.10 Å². The molecule has 2 aliphatic rings. The fourth-order valence-electron chi connectivity index (χ4n) is 3.55. The van der Waals surface area contributed by atoms with Crippen LogP contribution in [-0.4, -0.2) is 41.2 Å². The highest BCUT2D eigenvalue weighted by atomic mass is 35.5. The largest absolute Gasteiger partial charge is 0.463 e. The molecule has 2 aliphatic heterocycles. The molecule has 4 rings (SSSR count). The fraction of sp³-hybridized carbons (Fsp3) is 0.368. The van der Waals surface area contributed by atoms with Crippen LogP contribution >= 0.6 is 23.2 Å². The lowest BCUT2D eigenvalue weighted by Crippen LogP contribution is -2.37. The van der Waals surface area contributed by atoms with Crippen molar-refractivity contribution < 1.29 is 9.21 Å². The lowest BCUT2D eigenvalue weighted by molar-refractivity contribution is -0.134. The Morgan fingerprint density at radius 3 is 2.73 bits per heavy atom. The first-order chi connectivity index (χ1) is 12.6. The second kappa shape index (κ2) is 7.43. The third-order valence-corrected chi connectivity index (χ3v) is 5.41. The van der Waals surface area contributed by atoms with Crippen LogP contribution in [0.5, 0.6) is 0 Å². The van der Waals surface area contributed by atoms with E-state index in [2.05, 4.69) is 10.0 Å². The van der Waals surface area contributed by atoms with Gasteiger partial charge in [-0.1, -0.05) is 29.3 Å². The fourth-order valence-corrected chi connectivity index (χ4v) is 4.08. The lowest BCUT2D eigenvalue weighted by atomic mass is 10.0. The van der Waals surface area contributed by atoms with Crippen molar-refractivity contribution in [3.63, 3.8) is 0 Å². The Balaban J connectivity index is 1.63. The Labute approximate surface area is 162 Å². The first-order valence-corrected chi connectivity index (χ1v) is 9.48. The van der Waals surface area contributed by atoms with Crippen molar-refractivity contribution in [3.8, 4) is 0 Å². The molecule has 0 radical (unpaired) electrons. The first-order valence-electron chi connectivity index (χ1n) is 8.72. The number of carbonyl (C=O) groups is 1. The maximum absolute atomic E-state index is 13.0. The molecule has 1 aromatic heterocycles. The van der Waals surface area contributed by atoms with E-state index in [4.69, 9.17) is 27.6 Å². The molecule has 5 nitrogen and oxygen atoms in total. The standard InChI is InChI=1S/C19H19Cl2N3O2/c20-13-5-6-14(15(21)10-13)17-11-16(18-4-3-9-26-18)22-24(17)19(25)12-23-7-1-2-8-23/h3-6,9-10,17H,1-2,7-8,11-12H2. The van der Waals surface area contributed by atoms with Crippen LogP contribution in [0.15, 0.2) is 46.1 Å². The highest BCUT2D eigenvalue weighted by molar-refractivity contribution is 6.35. The minimum Gasteiger partial charge on any atom is -0.463 e. The quantitative estimate of drug-likeness (QED) is 0.777. The summed E-state index contributed by atoms with van der Waals surface area (Å²) in [5.74, 6) is 0.654. The molecular weight excluding hydrogens is 373 g/mol. The molecule has 7 heteroatoms. The monoisotopic (exact) mass is 391 g/mol. The van der Waals surface area contributed by atoms with Gasteiger partial charge in [-0.3, -0.25) is 9.69 Å². The summed E-state index contributed by atoms with van der Waals surface area (Å²) in [5.41, 5.74) is 1.59. The summed E-state index contributed by atoms with van der Waals surface area (Å²) >= 11 is 12.4. The first kappa shape index (κ1) is 17.6. The maximum atomic E-state index is 13.0. The molecule has 1 saturated heterocycles. The van der Waals surface area contributed by atoms with Crippen LogP contribution < -0.4 is 0 Å². The number of halogens is 2. The summed E-state index contributed by atoms with van der Waals surface area (Å²) in [6.07, 6.45) is 4.44. The van der Waals surface area contributed by atoms with Gasteiger partial charge in [0.15, 0.2) is 0 Å². The number of hydrogen-bond donors (Lipinski definition) is 0. The topological polar surface area (TPSA) is 49.1 Å². The van der Waals surface area contributed by atoms with Crippen LogP contribution in [0.2, 0.25) is 10.0 Å². The van der Waals surface area contributed by atoms with Gasteiger partial charge in [0.1, 0.15) is 11.5 Å². The molecular formula is C19H19Cl2N3O2. The number of nitrogens with zero attached hydrogens (tertiary/aromatic N) is 3. The Morgan fingerprint density at radius 1 is 1.23 bits per heavy atom. The minimum absolute atomic E-state index is 0.0236. The molecule has 1 atom stereocenters. The number of likely N-dealkylation sites (tertiary alicyclic amines) is 1. The number of amides is 1. The second-order valence-electron chi connectivity index (χ2n) is 6.63. The van der Waals surface area contributed by atoms with Crippen LogP contribution in [0, 0.1) is 0 Å². The summed E-state index contributed by atoms with van der Waals surface area (Å²) in [5, 5.41) is 7.25. The second-order valence-corrected chi connectivity index (χ2v) is 7.47. The van der Waals surface area contributed by atoms with Crippen LogP contribution in [0.25, 0.3) is 0 Å². The third-order valence-electron chi connectivity index (χ3n) is 4.85. The maximum Gasteiger partial charge on any atom is 0.257 e. The van der Waals surface area contributed by atoms with E-state index in [9.17, 15) is 4.79 Å². The predicted octanol–water partition coefficient (Wildman–Crippen LogP) is 4.36. The highest BCUT2D eigenvalue weighted by Gasteiger charge is 2.35. The zero-order valence-electron chi connectivity index (χ0n) is 14.2. The normalized spacial score (nSPS) is 20.6. The molecule has 2 aromatic rings. The van der Waals surface area contributed by atoms with Crippen molar-refractivity contribution >= 4 is 34.8 Å². The highest BCUT2D eigenvalue weighted by Crippen LogP contribution is 2.37. The van der Waals surface area contributed by atoms with Crippen LogP contribution in [-0.2, 0) is 4.79 Å². The number of carbonyl (C=O) groups excluding carboxylic acids is 1. The van der Waals surface area contributed by atoms with Crippen molar-refractivity contribution in [1.82, 2.24) is 9.91 Å². The Morgan fingerprint density at radius 2 is 2.04 bits per heavy atom. The molecule has 0 aliphatic carbocycles. The van der Waals surface area contributed by atoms with Gasteiger partial charge in [-0.25, -0.2) is 5.01 Å². The molecule has 1 amide bonds. The van der Waals surface area contributed by atoms with Gasteiger partial charge in [0.2, 0.25) is 0 Å². The van der Waals surface area contributed by atoms with Gasteiger partial charge in [0.25, 0.3) is 5.91 Å². The van der Waals surface area contributed by atoms with E-state index in [-0.39, 0.29) is 11.9 Å². The Kier molecular flexibility index (Phi) is 5.02. The van der Waals surface area contributed by atoms with E-state index >= 15 is 0 Å². The van der Waals surface area contributed by atoms with Gasteiger partial charge >= 0.3 is 0 Å². The molecule has 26 heavy (non-hydrogen) atoms. The molecule has 0 saturated carbocycles. The van der Waals surface area contributed by atoms with E-state index in [0.29, 0.717) is 28.8 Å². The number of hydrazone groups is 1. The zero-order chi connectivity index (χ0) is 18.1. The molecule has 136 valence electrons. The molecule has 1 unspecified atom stereocenters. The zero-order valence-corrected chi connectivity index (χ0v) is 15.7. The molecule has 0 N–H and O–H groups in total. The van der Waals surface area contributed by atoms with Crippen molar-refractivity contribution in [2.24, 2.45) is 5.10 Å². The summed E-state index contributed by atoms with van der Waals surface area (Å²) in [4.78, 5) is 15.1. The number of furan rings is 1. The van der Waals surface area contributed by atoms with Gasteiger partial charge in [0.05, 0.1) is 18.8 Å². The molecule has 0 spiro atoms. The van der Waals surface area contributed by atoms with E-state index in [1.54, 1.807) is 23.4 Å². The summed E-state index contributed by atoms with van der Waals surface area (Å²) in [6.45, 7) is 2.29. The molecule has 1 aromatic carbocycles. The SMILES string of the molecule is O=C(CN1CCCC1)N1N=C(c2ccco2)CC1c1ccc(Cl)cc1Cl. The Bertz CT molecular complexity index is 829. The van der Waals surface area contributed by atoms with Crippen LogP contribution in [0.4, 0.5) is 0 Å². The smallest absolute Gasteiger partial charge is 0.257 e. The van der Waals surface area contributed by atoms with Crippen molar-refractivity contribution in [1.29, 1.82) is 0 Å².